The molecule has 52 heavy (non-hydrogen) atoms. The number of fused-ring (bicyclic) bond motifs is 6. The molecule has 0 amide bonds. The standard InChI is InChI=1S/C51H37N/c1-51(2)47-27-26-43(33-46(47)45-31-39-18-8-9-19-40(39)32-48(45)51)52(42-21-12-20-38(30-42)34-13-4-3-5-14-34)49-28-25-36-16-10-11-22-44(36)50(49)41-24-23-35-15-6-7-17-37(35)29-41/h3-33H,1-2H3. The van der Waals surface area contributed by atoms with Gasteiger partial charge in [-0.1, -0.05) is 153 Å². The largest absolute Gasteiger partial charge is 0.310 e. The molecule has 0 spiro atoms. The third-order valence-corrected chi connectivity index (χ3v) is 11.2. The Morgan fingerprint density at radius 2 is 0.981 bits per heavy atom. The van der Waals surface area contributed by atoms with E-state index in [0.29, 0.717) is 0 Å². The van der Waals surface area contributed by atoms with E-state index in [1.165, 1.54) is 76.8 Å². The predicted molar refractivity (Wildman–Crippen MR) is 222 cm³/mol. The van der Waals surface area contributed by atoms with Crippen LogP contribution in [0, 0.1) is 0 Å². The lowest BCUT2D eigenvalue weighted by molar-refractivity contribution is 0.661. The third kappa shape index (κ3) is 4.85. The van der Waals surface area contributed by atoms with Crippen LogP contribution in [-0.2, 0) is 5.41 Å². The molecule has 0 aliphatic heterocycles. The van der Waals surface area contributed by atoms with Crippen LogP contribution >= 0.6 is 0 Å². The van der Waals surface area contributed by atoms with Crippen LogP contribution in [0.5, 0.6) is 0 Å². The van der Waals surface area contributed by atoms with Gasteiger partial charge in [-0.15, -0.1) is 0 Å². The molecule has 0 fully saturated rings. The minimum Gasteiger partial charge on any atom is -0.310 e. The maximum absolute atomic E-state index is 2.48. The van der Waals surface area contributed by atoms with Crippen molar-refractivity contribution in [2.45, 2.75) is 19.3 Å². The fraction of sp³-hybridized carbons (Fsp3) is 0.0588. The SMILES string of the molecule is CC1(C)c2ccc(N(c3cccc(-c4ccccc4)c3)c3ccc4ccccc4c3-c3ccc4ccccc4c3)cc2-c2cc3ccccc3cc21. The predicted octanol–water partition coefficient (Wildman–Crippen LogP) is 14.3. The number of rotatable bonds is 5. The Balaban J connectivity index is 1.25. The second-order valence-electron chi connectivity index (χ2n) is 14.6. The van der Waals surface area contributed by atoms with E-state index in [1.54, 1.807) is 0 Å². The maximum Gasteiger partial charge on any atom is 0.0546 e. The van der Waals surface area contributed by atoms with Crippen molar-refractivity contribution in [2.75, 3.05) is 4.90 Å². The quantitative estimate of drug-likeness (QED) is 0.177. The second-order valence-corrected chi connectivity index (χ2v) is 14.6. The Hall–Kier alpha value is -6.44. The van der Waals surface area contributed by atoms with Crippen LogP contribution in [0.4, 0.5) is 17.1 Å². The summed E-state index contributed by atoms with van der Waals surface area (Å²) in [6, 6.07) is 69.4. The minimum atomic E-state index is -0.107. The molecule has 0 saturated carbocycles. The van der Waals surface area contributed by atoms with E-state index in [1.807, 2.05) is 0 Å². The molecule has 9 aromatic rings. The zero-order valence-corrected chi connectivity index (χ0v) is 29.3. The number of hydrogen-bond donors (Lipinski definition) is 0. The molecule has 1 aliphatic carbocycles. The summed E-state index contributed by atoms with van der Waals surface area (Å²) in [5.74, 6) is 0. The first-order valence-electron chi connectivity index (χ1n) is 18.2. The van der Waals surface area contributed by atoms with Crippen molar-refractivity contribution >= 4 is 49.4 Å². The molecule has 0 bridgehead atoms. The summed E-state index contributed by atoms with van der Waals surface area (Å²) in [7, 11) is 0. The van der Waals surface area contributed by atoms with Gasteiger partial charge in [0.1, 0.15) is 0 Å². The fourth-order valence-corrected chi connectivity index (χ4v) is 8.54. The van der Waals surface area contributed by atoms with Crippen LogP contribution in [0.25, 0.3) is 65.7 Å². The smallest absolute Gasteiger partial charge is 0.0546 e. The van der Waals surface area contributed by atoms with Crippen LogP contribution in [0.2, 0.25) is 0 Å². The van der Waals surface area contributed by atoms with Crippen molar-refractivity contribution < 1.29 is 0 Å². The molecule has 0 unspecified atom stereocenters. The number of nitrogens with zero attached hydrogens (tertiary/aromatic N) is 1. The second kappa shape index (κ2) is 11.8. The Kier molecular flexibility index (Phi) is 6.91. The van der Waals surface area contributed by atoms with Crippen molar-refractivity contribution in [1.82, 2.24) is 0 Å². The van der Waals surface area contributed by atoms with Gasteiger partial charge >= 0.3 is 0 Å². The van der Waals surface area contributed by atoms with Gasteiger partial charge in [-0.25, -0.2) is 0 Å². The average Bonchev–Trinajstić information content (AvgIpc) is 3.41. The van der Waals surface area contributed by atoms with Gasteiger partial charge in [-0.2, -0.15) is 0 Å². The van der Waals surface area contributed by atoms with E-state index in [4.69, 9.17) is 0 Å². The first-order chi connectivity index (χ1) is 25.5. The van der Waals surface area contributed by atoms with Crippen molar-refractivity contribution in [3.8, 4) is 33.4 Å². The molecule has 0 N–H and O–H groups in total. The highest BCUT2D eigenvalue weighted by atomic mass is 15.1. The van der Waals surface area contributed by atoms with Crippen molar-refractivity contribution in [3.63, 3.8) is 0 Å². The van der Waals surface area contributed by atoms with Gasteiger partial charge in [0.25, 0.3) is 0 Å². The Morgan fingerprint density at radius 1 is 0.365 bits per heavy atom. The highest BCUT2D eigenvalue weighted by Crippen LogP contribution is 2.53. The lowest BCUT2D eigenvalue weighted by atomic mass is 9.82. The van der Waals surface area contributed by atoms with E-state index in [-0.39, 0.29) is 5.41 Å². The van der Waals surface area contributed by atoms with Crippen molar-refractivity contribution in [3.05, 3.63) is 199 Å². The molecular formula is C51H37N. The summed E-state index contributed by atoms with van der Waals surface area (Å²) in [5, 5.41) is 7.50. The van der Waals surface area contributed by atoms with E-state index in [9.17, 15) is 0 Å². The van der Waals surface area contributed by atoms with Gasteiger partial charge in [0.15, 0.2) is 0 Å². The van der Waals surface area contributed by atoms with Crippen LogP contribution in [0.1, 0.15) is 25.0 Å². The zero-order chi connectivity index (χ0) is 34.8. The first kappa shape index (κ1) is 30.4. The van der Waals surface area contributed by atoms with Crippen LogP contribution in [-0.4, -0.2) is 0 Å². The molecular weight excluding hydrogens is 627 g/mol. The van der Waals surface area contributed by atoms with E-state index in [0.717, 1.165) is 17.1 Å². The van der Waals surface area contributed by atoms with Gasteiger partial charge in [0, 0.05) is 22.4 Å². The Bertz CT molecular complexity index is 2830. The summed E-state index contributed by atoms with van der Waals surface area (Å²) < 4.78 is 0. The van der Waals surface area contributed by atoms with Gasteiger partial charge in [-0.05, 0) is 120 Å². The summed E-state index contributed by atoms with van der Waals surface area (Å²) in [6.45, 7) is 4.74. The zero-order valence-electron chi connectivity index (χ0n) is 29.3. The third-order valence-electron chi connectivity index (χ3n) is 11.2. The molecule has 1 heteroatoms. The molecule has 0 atom stereocenters. The molecule has 1 nitrogen and oxygen atoms in total. The highest BCUT2D eigenvalue weighted by Gasteiger charge is 2.36. The van der Waals surface area contributed by atoms with E-state index in [2.05, 4.69) is 207 Å². The molecule has 0 saturated heterocycles. The minimum absolute atomic E-state index is 0.107. The molecule has 0 radical (unpaired) electrons. The van der Waals surface area contributed by atoms with Gasteiger partial charge < -0.3 is 4.90 Å². The highest BCUT2D eigenvalue weighted by molar-refractivity contribution is 6.07. The summed E-state index contributed by atoms with van der Waals surface area (Å²) in [5.41, 5.74) is 13.5. The number of hydrogen-bond acceptors (Lipinski definition) is 1. The number of benzene rings is 9. The monoisotopic (exact) mass is 663 g/mol. The molecule has 9 aromatic carbocycles. The topological polar surface area (TPSA) is 3.24 Å². The molecule has 10 rings (SSSR count). The van der Waals surface area contributed by atoms with E-state index >= 15 is 0 Å². The molecule has 246 valence electrons. The molecule has 0 heterocycles. The lowest BCUT2D eigenvalue weighted by Gasteiger charge is -2.30. The number of anilines is 3. The Morgan fingerprint density at radius 3 is 1.79 bits per heavy atom. The van der Waals surface area contributed by atoms with Crippen LogP contribution in [0.15, 0.2) is 188 Å². The normalized spacial score (nSPS) is 13.0. The summed E-state index contributed by atoms with van der Waals surface area (Å²) in [4.78, 5) is 2.48. The molecule has 1 aliphatic rings. The summed E-state index contributed by atoms with van der Waals surface area (Å²) in [6.07, 6.45) is 0. The van der Waals surface area contributed by atoms with Crippen molar-refractivity contribution in [2.24, 2.45) is 0 Å². The first-order valence-corrected chi connectivity index (χ1v) is 18.2. The molecule has 0 aromatic heterocycles. The van der Waals surface area contributed by atoms with Gasteiger partial charge in [-0.3, -0.25) is 0 Å². The van der Waals surface area contributed by atoms with Crippen LogP contribution in [0.3, 0.4) is 0 Å². The lowest BCUT2D eigenvalue weighted by Crippen LogP contribution is -2.15. The van der Waals surface area contributed by atoms with E-state index < -0.39 is 0 Å². The maximum atomic E-state index is 2.48. The fourth-order valence-electron chi connectivity index (χ4n) is 8.54. The van der Waals surface area contributed by atoms with Gasteiger partial charge in [0.05, 0.1) is 5.69 Å². The van der Waals surface area contributed by atoms with Crippen molar-refractivity contribution in [1.29, 1.82) is 0 Å². The average molecular weight is 664 g/mol. The summed E-state index contributed by atoms with van der Waals surface area (Å²) >= 11 is 0. The Labute approximate surface area is 305 Å². The van der Waals surface area contributed by atoms with Gasteiger partial charge in [0.2, 0.25) is 0 Å². The van der Waals surface area contributed by atoms with Crippen LogP contribution < -0.4 is 4.90 Å².